The molecule has 8 heteroatoms. The van der Waals surface area contributed by atoms with Gasteiger partial charge in [-0.1, -0.05) is 19.3 Å². The Kier molecular flexibility index (Phi) is 4.66. The Bertz CT molecular complexity index is 560. The minimum Gasteiger partial charge on any atom is -0.335 e. The molecule has 21 heavy (non-hydrogen) atoms. The summed E-state index contributed by atoms with van der Waals surface area (Å²) in [5.41, 5.74) is -1.44. The van der Waals surface area contributed by atoms with Crippen molar-refractivity contribution in [3.63, 3.8) is 0 Å². The smallest absolute Gasteiger partial charge is 0.319 e. The highest BCUT2D eigenvalue weighted by Gasteiger charge is 2.23. The van der Waals surface area contributed by atoms with Crippen molar-refractivity contribution in [2.24, 2.45) is 0 Å². The summed E-state index contributed by atoms with van der Waals surface area (Å²) >= 11 is 0. The average Bonchev–Trinajstić information content (AvgIpc) is 2.42. The van der Waals surface area contributed by atoms with Crippen molar-refractivity contribution < 1.29 is 18.5 Å². The van der Waals surface area contributed by atoms with Gasteiger partial charge < -0.3 is 5.32 Å². The van der Waals surface area contributed by atoms with Crippen LogP contribution in [0.4, 0.5) is 25.0 Å². The van der Waals surface area contributed by atoms with Crippen LogP contribution in [0.25, 0.3) is 0 Å². The first kappa shape index (κ1) is 15.1. The molecule has 0 bridgehead atoms. The fourth-order valence-electron chi connectivity index (χ4n) is 2.41. The number of nitro benzene ring substituents is 1. The van der Waals surface area contributed by atoms with Gasteiger partial charge in [0.05, 0.1) is 11.0 Å². The lowest BCUT2D eigenvalue weighted by molar-refractivity contribution is -0.384. The van der Waals surface area contributed by atoms with Gasteiger partial charge in [0.25, 0.3) is 5.69 Å². The number of carbonyl (C=O) groups is 1. The minimum absolute atomic E-state index is 0.0266. The second-order valence-electron chi connectivity index (χ2n) is 4.97. The Labute approximate surface area is 119 Å². The van der Waals surface area contributed by atoms with Crippen LogP contribution in [0.15, 0.2) is 12.1 Å². The second-order valence-corrected chi connectivity index (χ2v) is 4.97. The molecule has 2 N–H and O–H groups in total. The summed E-state index contributed by atoms with van der Waals surface area (Å²) in [6.07, 6.45) is 4.74. The molecule has 1 aliphatic carbocycles. The highest BCUT2D eigenvalue weighted by atomic mass is 19.1. The summed E-state index contributed by atoms with van der Waals surface area (Å²) in [7, 11) is 0. The van der Waals surface area contributed by atoms with Crippen molar-refractivity contribution >= 4 is 17.4 Å². The van der Waals surface area contributed by atoms with E-state index in [0.29, 0.717) is 12.1 Å². The Balaban J connectivity index is 2.11. The van der Waals surface area contributed by atoms with Crippen molar-refractivity contribution in [1.82, 2.24) is 5.32 Å². The summed E-state index contributed by atoms with van der Waals surface area (Å²) in [5, 5.41) is 15.5. The third kappa shape index (κ3) is 3.87. The number of nitro groups is 1. The molecular weight excluding hydrogens is 284 g/mol. The van der Waals surface area contributed by atoms with Crippen molar-refractivity contribution in [2.45, 2.75) is 38.1 Å². The molecule has 0 spiro atoms. The van der Waals surface area contributed by atoms with E-state index in [1.54, 1.807) is 0 Å². The van der Waals surface area contributed by atoms with Crippen LogP contribution >= 0.6 is 0 Å². The van der Waals surface area contributed by atoms with Crippen LogP contribution in [0.2, 0.25) is 0 Å². The van der Waals surface area contributed by atoms with E-state index in [0.717, 1.165) is 32.1 Å². The van der Waals surface area contributed by atoms with E-state index in [4.69, 9.17) is 0 Å². The maximum Gasteiger partial charge on any atom is 0.319 e. The van der Waals surface area contributed by atoms with Gasteiger partial charge in [-0.25, -0.2) is 13.6 Å². The molecule has 6 nitrogen and oxygen atoms in total. The molecule has 2 rings (SSSR count). The third-order valence-electron chi connectivity index (χ3n) is 3.41. The van der Waals surface area contributed by atoms with E-state index in [-0.39, 0.29) is 6.04 Å². The predicted octanol–water partition coefficient (Wildman–Crippen LogP) is 3.33. The van der Waals surface area contributed by atoms with Gasteiger partial charge in [0, 0.05) is 12.1 Å². The molecular formula is C13H15F2N3O3. The van der Waals surface area contributed by atoms with Gasteiger partial charge in [0.1, 0.15) is 5.82 Å². The summed E-state index contributed by atoms with van der Waals surface area (Å²) in [6.45, 7) is 0. The highest BCUT2D eigenvalue weighted by Crippen LogP contribution is 2.28. The highest BCUT2D eigenvalue weighted by molar-refractivity contribution is 5.92. The Morgan fingerprint density at radius 2 is 1.90 bits per heavy atom. The van der Waals surface area contributed by atoms with Gasteiger partial charge in [-0.15, -0.1) is 0 Å². The normalized spacial score (nSPS) is 15.5. The molecule has 1 aromatic rings. The van der Waals surface area contributed by atoms with E-state index in [2.05, 4.69) is 10.6 Å². The molecule has 1 saturated carbocycles. The number of rotatable bonds is 3. The third-order valence-corrected chi connectivity index (χ3v) is 3.41. The number of carbonyl (C=O) groups excluding carboxylic acids is 1. The molecule has 2 amide bonds. The topological polar surface area (TPSA) is 84.3 Å². The second kappa shape index (κ2) is 6.47. The summed E-state index contributed by atoms with van der Waals surface area (Å²) in [6, 6.07) is 0.305. The molecule has 0 saturated heterocycles. The zero-order chi connectivity index (χ0) is 15.4. The number of benzene rings is 1. The van der Waals surface area contributed by atoms with Crippen molar-refractivity contribution in [1.29, 1.82) is 0 Å². The zero-order valence-corrected chi connectivity index (χ0v) is 11.2. The number of hydrogen-bond donors (Lipinski definition) is 2. The van der Waals surface area contributed by atoms with Gasteiger partial charge >= 0.3 is 6.03 Å². The van der Waals surface area contributed by atoms with Gasteiger partial charge in [-0.2, -0.15) is 0 Å². The lowest BCUT2D eigenvalue weighted by atomic mass is 9.96. The standard InChI is InChI=1S/C13H15F2N3O3/c14-8-6-10(15)12(11(7-8)18(20)21)17-13(19)16-9-4-2-1-3-5-9/h6-7,9H,1-5H2,(H2,16,17,19). The van der Waals surface area contributed by atoms with Crippen LogP contribution in [0.1, 0.15) is 32.1 Å². The van der Waals surface area contributed by atoms with Gasteiger partial charge in [0.2, 0.25) is 0 Å². The number of urea groups is 1. The lowest BCUT2D eigenvalue weighted by Crippen LogP contribution is -2.39. The molecule has 1 aliphatic rings. The van der Waals surface area contributed by atoms with E-state index in [9.17, 15) is 23.7 Å². The molecule has 1 aromatic carbocycles. The Morgan fingerprint density at radius 1 is 1.24 bits per heavy atom. The number of nitrogens with one attached hydrogen (secondary N) is 2. The van der Waals surface area contributed by atoms with Crippen LogP contribution in [0.5, 0.6) is 0 Å². The molecule has 0 aromatic heterocycles. The van der Waals surface area contributed by atoms with Crippen LogP contribution in [-0.2, 0) is 0 Å². The van der Waals surface area contributed by atoms with Crippen LogP contribution < -0.4 is 10.6 Å². The largest absolute Gasteiger partial charge is 0.335 e. The zero-order valence-electron chi connectivity index (χ0n) is 11.2. The summed E-state index contributed by atoms with van der Waals surface area (Å²) in [4.78, 5) is 21.6. The van der Waals surface area contributed by atoms with E-state index in [1.165, 1.54) is 0 Å². The number of anilines is 1. The van der Waals surface area contributed by atoms with Gasteiger partial charge in [0.15, 0.2) is 11.5 Å². The molecule has 114 valence electrons. The van der Waals surface area contributed by atoms with Crippen molar-refractivity contribution in [2.75, 3.05) is 5.32 Å². The van der Waals surface area contributed by atoms with Crippen molar-refractivity contribution in [3.8, 4) is 0 Å². The number of halogens is 2. The molecule has 1 fully saturated rings. The minimum atomic E-state index is -1.18. The number of hydrogen-bond acceptors (Lipinski definition) is 3. The Hall–Kier alpha value is -2.25. The predicted molar refractivity (Wildman–Crippen MR) is 72.0 cm³/mol. The fraction of sp³-hybridized carbons (Fsp3) is 0.462. The maximum atomic E-state index is 13.6. The molecule has 0 heterocycles. The first-order valence-corrected chi connectivity index (χ1v) is 6.68. The number of nitrogens with zero attached hydrogens (tertiary/aromatic N) is 1. The lowest BCUT2D eigenvalue weighted by Gasteiger charge is -2.22. The van der Waals surface area contributed by atoms with E-state index >= 15 is 0 Å². The van der Waals surface area contributed by atoms with E-state index in [1.807, 2.05) is 0 Å². The maximum absolute atomic E-state index is 13.6. The van der Waals surface area contributed by atoms with Crippen LogP contribution in [0, 0.1) is 21.7 Å². The SMILES string of the molecule is O=C(Nc1c(F)cc(F)cc1[N+](=O)[O-])NC1CCCCC1. The number of amides is 2. The van der Waals surface area contributed by atoms with Gasteiger partial charge in [-0.05, 0) is 12.8 Å². The molecule has 0 aliphatic heterocycles. The van der Waals surface area contributed by atoms with Crippen LogP contribution in [0.3, 0.4) is 0 Å². The molecule has 0 radical (unpaired) electrons. The molecule has 0 atom stereocenters. The Morgan fingerprint density at radius 3 is 2.52 bits per heavy atom. The quantitative estimate of drug-likeness (QED) is 0.663. The average molecular weight is 299 g/mol. The van der Waals surface area contributed by atoms with Crippen molar-refractivity contribution in [3.05, 3.63) is 33.9 Å². The first-order valence-electron chi connectivity index (χ1n) is 6.68. The summed E-state index contributed by atoms with van der Waals surface area (Å²) < 4.78 is 26.6. The summed E-state index contributed by atoms with van der Waals surface area (Å²) in [5.74, 6) is -2.25. The monoisotopic (exact) mass is 299 g/mol. The van der Waals surface area contributed by atoms with Gasteiger partial charge in [-0.3, -0.25) is 15.4 Å². The molecule has 0 unspecified atom stereocenters. The van der Waals surface area contributed by atoms with E-state index < -0.39 is 34.0 Å². The fourth-order valence-corrected chi connectivity index (χ4v) is 2.41. The first-order chi connectivity index (χ1) is 9.97. The van der Waals surface area contributed by atoms with Crippen LogP contribution in [-0.4, -0.2) is 17.0 Å².